The number of rotatable bonds is 8. The van der Waals surface area contributed by atoms with Crippen LogP contribution >= 0.6 is 0 Å². The first kappa shape index (κ1) is 15.8. The molecule has 0 aliphatic carbocycles. The van der Waals surface area contributed by atoms with Gasteiger partial charge in [-0.25, -0.2) is 0 Å². The lowest BCUT2D eigenvalue weighted by atomic mass is 9.70. The van der Waals surface area contributed by atoms with Gasteiger partial charge in [-0.05, 0) is 19.8 Å². The number of ether oxygens (including phenoxy) is 3. The lowest BCUT2D eigenvalue weighted by Crippen LogP contribution is -2.50. The quantitative estimate of drug-likeness (QED) is 0.688. The molecule has 0 amide bonds. The van der Waals surface area contributed by atoms with E-state index in [1.807, 2.05) is 13.8 Å². The van der Waals surface area contributed by atoms with Gasteiger partial charge in [-0.1, -0.05) is 6.92 Å². The van der Waals surface area contributed by atoms with Gasteiger partial charge in [-0.15, -0.1) is 0 Å². The van der Waals surface area contributed by atoms with Crippen LogP contribution in [0.15, 0.2) is 0 Å². The first-order valence-corrected chi connectivity index (χ1v) is 5.54. The summed E-state index contributed by atoms with van der Waals surface area (Å²) in [6, 6.07) is 0. The van der Waals surface area contributed by atoms with Crippen molar-refractivity contribution in [3.05, 3.63) is 0 Å². The van der Waals surface area contributed by atoms with E-state index in [9.17, 15) is 5.11 Å². The Balaban J connectivity index is 4.99. The van der Waals surface area contributed by atoms with Crippen LogP contribution in [-0.2, 0) is 14.2 Å². The molecule has 98 valence electrons. The molecule has 1 N–H and O–H groups in total. The van der Waals surface area contributed by atoms with E-state index in [4.69, 9.17) is 14.2 Å². The van der Waals surface area contributed by atoms with Crippen LogP contribution in [0.25, 0.3) is 0 Å². The Morgan fingerprint density at radius 3 is 1.75 bits per heavy atom. The third-order valence-electron chi connectivity index (χ3n) is 3.67. The first-order valence-electron chi connectivity index (χ1n) is 5.54. The molecule has 0 aliphatic heterocycles. The van der Waals surface area contributed by atoms with E-state index in [-0.39, 0.29) is 18.1 Å². The third kappa shape index (κ3) is 3.42. The summed E-state index contributed by atoms with van der Waals surface area (Å²) in [7, 11) is 4.94. The minimum Gasteiger partial charge on any atom is -0.396 e. The summed E-state index contributed by atoms with van der Waals surface area (Å²) in [5.74, 6) is 0.106. The maximum Gasteiger partial charge on any atom is 0.0656 e. The molecule has 1 unspecified atom stereocenters. The fourth-order valence-corrected chi connectivity index (χ4v) is 2.01. The van der Waals surface area contributed by atoms with Crippen molar-refractivity contribution in [3.8, 4) is 0 Å². The zero-order valence-corrected chi connectivity index (χ0v) is 11.4. The summed E-state index contributed by atoms with van der Waals surface area (Å²) in [5, 5.41) is 9.65. The second kappa shape index (κ2) is 6.55. The predicted octanol–water partition coefficient (Wildman–Crippen LogP) is 1.32. The molecule has 0 heterocycles. The van der Waals surface area contributed by atoms with Crippen molar-refractivity contribution in [2.24, 2.45) is 11.3 Å². The summed E-state index contributed by atoms with van der Waals surface area (Å²) in [5.41, 5.74) is -0.761. The van der Waals surface area contributed by atoms with Crippen LogP contribution in [0.1, 0.15) is 20.8 Å². The van der Waals surface area contributed by atoms with Crippen LogP contribution in [0.2, 0.25) is 0 Å². The second-order valence-electron chi connectivity index (χ2n) is 4.92. The molecular weight excluding hydrogens is 208 g/mol. The topological polar surface area (TPSA) is 47.9 Å². The average molecular weight is 234 g/mol. The highest BCUT2D eigenvalue weighted by Gasteiger charge is 2.44. The minimum absolute atomic E-state index is 0.0165. The van der Waals surface area contributed by atoms with E-state index in [1.54, 1.807) is 21.3 Å². The number of aliphatic hydroxyl groups is 1. The molecule has 4 nitrogen and oxygen atoms in total. The van der Waals surface area contributed by atoms with Crippen molar-refractivity contribution in [2.45, 2.75) is 26.4 Å². The predicted molar refractivity (Wildman–Crippen MR) is 63.5 cm³/mol. The molecule has 0 aromatic heterocycles. The lowest BCUT2D eigenvalue weighted by molar-refractivity contribution is -0.132. The molecule has 0 bridgehead atoms. The van der Waals surface area contributed by atoms with Crippen LogP contribution in [0, 0.1) is 11.3 Å². The molecule has 16 heavy (non-hydrogen) atoms. The van der Waals surface area contributed by atoms with E-state index >= 15 is 0 Å². The van der Waals surface area contributed by atoms with E-state index in [0.29, 0.717) is 13.2 Å². The molecule has 0 aromatic rings. The van der Waals surface area contributed by atoms with Gasteiger partial charge in [-0.2, -0.15) is 0 Å². The highest BCUT2D eigenvalue weighted by molar-refractivity contribution is 4.92. The monoisotopic (exact) mass is 234 g/mol. The Labute approximate surface area is 98.9 Å². The normalized spacial score (nSPS) is 15.2. The summed E-state index contributed by atoms with van der Waals surface area (Å²) in [6.07, 6.45) is 0. The molecule has 1 atom stereocenters. The maximum atomic E-state index is 9.65. The molecule has 0 spiro atoms. The second-order valence-corrected chi connectivity index (χ2v) is 4.92. The molecule has 4 heteroatoms. The zero-order valence-electron chi connectivity index (χ0n) is 11.4. The Kier molecular flexibility index (Phi) is 6.48. The standard InChI is InChI=1S/C12H26O4/c1-10(11(2,3)16-6)12(7-13,8-14-4)9-15-5/h10,13H,7-9H2,1-6H3. The number of aliphatic hydroxyl groups excluding tert-OH is 1. The van der Waals surface area contributed by atoms with Crippen LogP contribution in [-0.4, -0.2) is 51.9 Å². The fourth-order valence-electron chi connectivity index (χ4n) is 2.01. The van der Waals surface area contributed by atoms with Crippen molar-refractivity contribution in [3.63, 3.8) is 0 Å². The fraction of sp³-hybridized carbons (Fsp3) is 1.00. The molecule has 0 saturated heterocycles. The first-order chi connectivity index (χ1) is 7.40. The lowest BCUT2D eigenvalue weighted by Gasteiger charge is -2.44. The van der Waals surface area contributed by atoms with E-state index in [2.05, 4.69) is 6.92 Å². The van der Waals surface area contributed by atoms with Crippen molar-refractivity contribution in [1.82, 2.24) is 0 Å². The Hall–Kier alpha value is -0.160. The van der Waals surface area contributed by atoms with Gasteiger partial charge in [-0.3, -0.25) is 0 Å². The summed E-state index contributed by atoms with van der Waals surface area (Å²) >= 11 is 0. The van der Waals surface area contributed by atoms with Crippen LogP contribution in [0.4, 0.5) is 0 Å². The number of methoxy groups -OCH3 is 3. The zero-order chi connectivity index (χ0) is 12.8. The molecule has 0 aliphatic rings. The SMILES string of the molecule is COCC(CO)(COC)C(C)C(C)(C)OC. The van der Waals surface area contributed by atoms with Crippen LogP contribution in [0.5, 0.6) is 0 Å². The summed E-state index contributed by atoms with van der Waals surface area (Å²) in [4.78, 5) is 0. The molecule has 0 fully saturated rings. The van der Waals surface area contributed by atoms with Gasteiger partial charge >= 0.3 is 0 Å². The van der Waals surface area contributed by atoms with Gasteiger partial charge in [0, 0.05) is 26.7 Å². The maximum absolute atomic E-state index is 9.65. The molecule has 0 rings (SSSR count). The van der Waals surface area contributed by atoms with Crippen molar-refractivity contribution >= 4 is 0 Å². The number of hydrogen-bond acceptors (Lipinski definition) is 4. The van der Waals surface area contributed by atoms with Crippen molar-refractivity contribution < 1.29 is 19.3 Å². The van der Waals surface area contributed by atoms with Gasteiger partial charge in [0.25, 0.3) is 0 Å². The highest BCUT2D eigenvalue weighted by atomic mass is 16.5. The van der Waals surface area contributed by atoms with E-state index in [1.165, 1.54) is 0 Å². The van der Waals surface area contributed by atoms with Crippen LogP contribution in [0.3, 0.4) is 0 Å². The Bertz CT molecular complexity index is 185. The Morgan fingerprint density at radius 1 is 1.06 bits per heavy atom. The smallest absolute Gasteiger partial charge is 0.0656 e. The molecule has 0 saturated carbocycles. The summed E-state index contributed by atoms with van der Waals surface area (Å²) < 4.78 is 15.9. The molecule has 0 aromatic carbocycles. The van der Waals surface area contributed by atoms with Crippen LogP contribution < -0.4 is 0 Å². The third-order valence-corrected chi connectivity index (χ3v) is 3.67. The van der Waals surface area contributed by atoms with Crippen molar-refractivity contribution in [1.29, 1.82) is 0 Å². The minimum atomic E-state index is -0.428. The molecule has 0 radical (unpaired) electrons. The Morgan fingerprint density at radius 2 is 1.50 bits per heavy atom. The number of hydrogen-bond donors (Lipinski definition) is 1. The largest absolute Gasteiger partial charge is 0.396 e. The van der Waals surface area contributed by atoms with E-state index in [0.717, 1.165) is 0 Å². The van der Waals surface area contributed by atoms with Crippen molar-refractivity contribution in [2.75, 3.05) is 41.2 Å². The van der Waals surface area contributed by atoms with E-state index < -0.39 is 5.41 Å². The van der Waals surface area contributed by atoms with Gasteiger partial charge in [0.1, 0.15) is 0 Å². The highest BCUT2D eigenvalue weighted by Crippen LogP contribution is 2.37. The average Bonchev–Trinajstić information content (AvgIpc) is 2.27. The van der Waals surface area contributed by atoms with Gasteiger partial charge in [0.05, 0.1) is 25.4 Å². The molecular formula is C12H26O4. The van der Waals surface area contributed by atoms with Gasteiger partial charge in [0.15, 0.2) is 0 Å². The summed E-state index contributed by atoms with van der Waals surface area (Å²) in [6.45, 7) is 6.98. The van der Waals surface area contributed by atoms with Gasteiger partial charge in [0.2, 0.25) is 0 Å². The van der Waals surface area contributed by atoms with Gasteiger partial charge < -0.3 is 19.3 Å².